The highest BCUT2D eigenvalue weighted by atomic mass is 79.9. The van der Waals surface area contributed by atoms with Crippen LogP contribution in [0, 0.1) is 0 Å². The van der Waals surface area contributed by atoms with E-state index in [-0.39, 0.29) is 0 Å². The summed E-state index contributed by atoms with van der Waals surface area (Å²) in [5.74, 6) is 0.584. The van der Waals surface area contributed by atoms with Gasteiger partial charge < -0.3 is 9.47 Å². The highest BCUT2D eigenvalue weighted by Crippen LogP contribution is 2.25. The lowest BCUT2D eigenvalue weighted by Gasteiger charge is -2.05. The van der Waals surface area contributed by atoms with E-state index >= 15 is 0 Å². The van der Waals surface area contributed by atoms with Crippen molar-refractivity contribution in [2.75, 3.05) is 20.3 Å². The van der Waals surface area contributed by atoms with Gasteiger partial charge in [-0.2, -0.15) is 0 Å². The fraction of sp³-hybridized carbons (Fsp3) is 0.375. The molecule has 0 aliphatic heterocycles. The third kappa shape index (κ3) is 3.62. The number of methoxy groups -OCH3 is 1. The standard InChI is InChI=1S/C8H9Br2NO2/c1-12-2-3-13-8-7(10)4-6(9)5-11-8/h4-5H,2-3H2,1H3. The van der Waals surface area contributed by atoms with Crippen molar-refractivity contribution < 1.29 is 9.47 Å². The molecule has 0 amide bonds. The van der Waals surface area contributed by atoms with Crippen molar-refractivity contribution in [3.05, 3.63) is 21.2 Å². The summed E-state index contributed by atoms with van der Waals surface area (Å²) < 4.78 is 11.9. The normalized spacial score (nSPS) is 10.1. The van der Waals surface area contributed by atoms with E-state index in [4.69, 9.17) is 9.47 Å². The predicted molar refractivity (Wildman–Crippen MR) is 57.0 cm³/mol. The van der Waals surface area contributed by atoms with E-state index in [1.165, 1.54) is 0 Å². The highest BCUT2D eigenvalue weighted by Gasteiger charge is 2.02. The van der Waals surface area contributed by atoms with Crippen molar-refractivity contribution in [2.24, 2.45) is 0 Å². The van der Waals surface area contributed by atoms with Gasteiger partial charge in [0, 0.05) is 17.8 Å². The Hall–Kier alpha value is -0.130. The molecule has 0 fully saturated rings. The van der Waals surface area contributed by atoms with Crippen molar-refractivity contribution in [1.82, 2.24) is 4.98 Å². The summed E-state index contributed by atoms with van der Waals surface area (Å²) in [6, 6.07) is 1.88. The average Bonchev–Trinajstić information content (AvgIpc) is 2.09. The highest BCUT2D eigenvalue weighted by molar-refractivity contribution is 9.11. The molecule has 1 rings (SSSR count). The van der Waals surface area contributed by atoms with Crippen LogP contribution in [0.2, 0.25) is 0 Å². The zero-order valence-corrected chi connectivity index (χ0v) is 10.3. The Morgan fingerprint density at radius 3 is 2.77 bits per heavy atom. The van der Waals surface area contributed by atoms with Crippen molar-refractivity contribution in [3.8, 4) is 5.88 Å². The minimum Gasteiger partial charge on any atom is -0.474 e. The molecule has 0 saturated heterocycles. The lowest BCUT2D eigenvalue weighted by atomic mass is 10.5. The summed E-state index contributed by atoms with van der Waals surface area (Å²) >= 11 is 6.65. The van der Waals surface area contributed by atoms with Gasteiger partial charge in [0.1, 0.15) is 6.61 Å². The second-order valence-corrected chi connectivity index (χ2v) is 4.05. The summed E-state index contributed by atoms with van der Waals surface area (Å²) in [6.07, 6.45) is 1.69. The van der Waals surface area contributed by atoms with Crippen molar-refractivity contribution in [3.63, 3.8) is 0 Å². The molecule has 0 N–H and O–H groups in total. The van der Waals surface area contributed by atoms with Crippen LogP contribution in [-0.4, -0.2) is 25.3 Å². The van der Waals surface area contributed by atoms with Gasteiger partial charge in [0.25, 0.3) is 0 Å². The molecular weight excluding hydrogens is 302 g/mol. The van der Waals surface area contributed by atoms with Crippen LogP contribution in [-0.2, 0) is 4.74 Å². The van der Waals surface area contributed by atoms with Crippen LogP contribution >= 0.6 is 31.9 Å². The summed E-state index contributed by atoms with van der Waals surface area (Å²) in [5, 5.41) is 0. The first kappa shape index (κ1) is 10.9. The van der Waals surface area contributed by atoms with Gasteiger partial charge in [-0.25, -0.2) is 4.98 Å². The molecule has 5 heteroatoms. The van der Waals surface area contributed by atoms with Crippen LogP contribution in [0.5, 0.6) is 5.88 Å². The lowest BCUT2D eigenvalue weighted by molar-refractivity contribution is 0.143. The average molecular weight is 311 g/mol. The zero-order chi connectivity index (χ0) is 9.68. The van der Waals surface area contributed by atoms with Crippen LogP contribution < -0.4 is 4.74 Å². The van der Waals surface area contributed by atoms with Gasteiger partial charge in [-0.1, -0.05) is 0 Å². The summed E-state index contributed by atoms with van der Waals surface area (Å²) in [7, 11) is 1.63. The van der Waals surface area contributed by atoms with Crippen LogP contribution in [0.15, 0.2) is 21.2 Å². The van der Waals surface area contributed by atoms with Gasteiger partial charge in [-0.05, 0) is 37.9 Å². The molecule has 0 unspecified atom stereocenters. The lowest BCUT2D eigenvalue weighted by Crippen LogP contribution is -2.05. The molecule has 72 valence electrons. The molecule has 1 aromatic rings. The van der Waals surface area contributed by atoms with Gasteiger partial charge in [-0.3, -0.25) is 0 Å². The third-order valence-corrected chi connectivity index (χ3v) is 2.30. The molecule has 0 radical (unpaired) electrons. The molecule has 0 atom stereocenters. The second kappa shape index (κ2) is 5.57. The van der Waals surface area contributed by atoms with E-state index in [2.05, 4.69) is 36.8 Å². The van der Waals surface area contributed by atoms with E-state index in [1.807, 2.05) is 6.07 Å². The van der Waals surface area contributed by atoms with Gasteiger partial charge in [0.15, 0.2) is 0 Å². The van der Waals surface area contributed by atoms with Gasteiger partial charge >= 0.3 is 0 Å². The number of hydrogen-bond acceptors (Lipinski definition) is 3. The number of nitrogens with zero attached hydrogens (tertiary/aromatic N) is 1. The molecule has 1 aromatic heterocycles. The molecule has 0 aliphatic carbocycles. The number of rotatable bonds is 4. The van der Waals surface area contributed by atoms with E-state index in [0.717, 1.165) is 8.95 Å². The molecule has 0 bridgehead atoms. The first-order valence-electron chi connectivity index (χ1n) is 3.67. The van der Waals surface area contributed by atoms with Gasteiger partial charge in [-0.15, -0.1) is 0 Å². The van der Waals surface area contributed by atoms with Crippen LogP contribution in [0.25, 0.3) is 0 Å². The van der Waals surface area contributed by atoms with Crippen molar-refractivity contribution >= 4 is 31.9 Å². The van der Waals surface area contributed by atoms with E-state index in [9.17, 15) is 0 Å². The fourth-order valence-corrected chi connectivity index (χ4v) is 1.83. The monoisotopic (exact) mass is 309 g/mol. The molecule has 13 heavy (non-hydrogen) atoms. The Balaban J connectivity index is 2.56. The largest absolute Gasteiger partial charge is 0.474 e. The van der Waals surface area contributed by atoms with Gasteiger partial charge in [0.05, 0.1) is 11.1 Å². The first-order valence-corrected chi connectivity index (χ1v) is 5.25. The number of pyridine rings is 1. The quantitative estimate of drug-likeness (QED) is 0.801. The molecule has 3 nitrogen and oxygen atoms in total. The number of halogens is 2. The zero-order valence-electron chi connectivity index (χ0n) is 7.09. The van der Waals surface area contributed by atoms with E-state index in [0.29, 0.717) is 19.1 Å². The Bertz CT molecular complexity index is 281. The topological polar surface area (TPSA) is 31.4 Å². The van der Waals surface area contributed by atoms with Crippen LogP contribution in [0.1, 0.15) is 0 Å². The Labute approximate surface area is 93.7 Å². The minimum atomic E-state index is 0.504. The van der Waals surface area contributed by atoms with Gasteiger partial charge in [0.2, 0.25) is 5.88 Å². The Kier molecular flexibility index (Phi) is 4.69. The maximum Gasteiger partial charge on any atom is 0.228 e. The number of aromatic nitrogens is 1. The van der Waals surface area contributed by atoms with E-state index in [1.54, 1.807) is 13.3 Å². The maximum absolute atomic E-state index is 5.33. The molecule has 0 spiro atoms. The van der Waals surface area contributed by atoms with Crippen molar-refractivity contribution in [2.45, 2.75) is 0 Å². The summed E-state index contributed by atoms with van der Waals surface area (Å²) in [5.41, 5.74) is 0. The molecule has 0 aliphatic rings. The first-order chi connectivity index (χ1) is 6.24. The molecular formula is C8H9Br2NO2. The van der Waals surface area contributed by atoms with Crippen LogP contribution in [0.4, 0.5) is 0 Å². The van der Waals surface area contributed by atoms with Crippen molar-refractivity contribution in [1.29, 1.82) is 0 Å². The molecule has 1 heterocycles. The smallest absolute Gasteiger partial charge is 0.228 e. The summed E-state index contributed by atoms with van der Waals surface area (Å²) in [6.45, 7) is 1.06. The SMILES string of the molecule is COCCOc1ncc(Br)cc1Br. The summed E-state index contributed by atoms with van der Waals surface area (Å²) in [4.78, 5) is 4.08. The molecule has 0 aromatic carbocycles. The Morgan fingerprint density at radius 1 is 1.38 bits per heavy atom. The Morgan fingerprint density at radius 2 is 2.15 bits per heavy atom. The van der Waals surface area contributed by atoms with Crippen LogP contribution in [0.3, 0.4) is 0 Å². The maximum atomic E-state index is 5.33. The number of hydrogen-bond donors (Lipinski definition) is 0. The number of ether oxygens (including phenoxy) is 2. The third-order valence-electron chi connectivity index (χ3n) is 1.30. The van der Waals surface area contributed by atoms with E-state index < -0.39 is 0 Å². The minimum absolute atomic E-state index is 0.504. The fourth-order valence-electron chi connectivity index (χ4n) is 0.730. The molecule has 0 saturated carbocycles. The second-order valence-electron chi connectivity index (χ2n) is 2.28. The predicted octanol–water partition coefficient (Wildman–Crippen LogP) is 2.63.